The van der Waals surface area contributed by atoms with Crippen LogP contribution in [-0.2, 0) is 4.74 Å². The minimum atomic E-state index is -1.32. The number of hydrogen-bond acceptors (Lipinski definition) is 8. The van der Waals surface area contributed by atoms with Gasteiger partial charge in [0.25, 0.3) is 5.56 Å². The van der Waals surface area contributed by atoms with Crippen molar-refractivity contribution in [1.29, 1.82) is 0 Å². The first-order valence-corrected chi connectivity index (χ1v) is 6.79. The predicted molar refractivity (Wildman–Crippen MR) is 73.3 cm³/mol. The molecule has 0 aliphatic carbocycles. The van der Waals surface area contributed by atoms with Crippen LogP contribution in [0.25, 0.3) is 11.2 Å². The van der Waals surface area contributed by atoms with E-state index in [0.717, 1.165) is 0 Å². The highest BCUT2D eigenvalue weighted by molar-refractivity contribution is 9.10. The van der Waals surface area contributed by atoms with Gasteiger partial charge in [0.1, 0.15) is 18.3 Å². The lowest BCUT2D eigenvalue weighted by molar-refractivity contribution is -0.0521. The third-order valence-corrected chi connectivity index (χ3v) is 3.86. The summed E-state index contributed by atoms with van der Waals surface area (Å²) in [6.07, 6.45) is -4.61. The SMILES string of the molecule is Nc1nc2c(nc(Br)n2[C@H]2O[C@@H](CO)C(O)C2O)c(=O)[nH]1. The molecule has 1 saturated heterocycles. The van der Waals surface area contributed by atoms with Crippen molar-refractivity contribution in [3.05, 3.63) is 15.1 Å². The number of aliphatic hydroxyl groups excluding tert-OH is 3. The van der Waals surface area contributed by atoms with E-state index in [1.807, 2.05) is 0 Å². The lowest BCUT2D eigenvalue weighted by atomic mass is 10.1. The summed E-state index contributed by atoms with van der Waals surface area (Å²) in [7, 11) is 0. The predicted octanol–water partition coefficient (Wildman–Crippen LogP) is -1.92. The fourth-order valence-electron chi connectivity index (χ4n) is 2.29. The normalized spacial score (nSPS) is 29.3. The van der Waals surface area contributed by atoms with Gasteiger partial charge < -0.3 is 25.8 Å². The number of aromatic nitrogens is 4. The molecule has 10 nitrogen and oxygen atoms in total. The van der Waals surface area contributed by atoms with Crippen molar-refractivity contribution >= 4 is 33.0 Å². The minimum Gasteiger partial charge on any atom is -0.394 e. The topological polar surface area (TPSA) is 160 Å². The van der Waals surface area contributed by atoms with E-state index in [0.29, 0.717) is 0 Å². The highest BCUT2D eigenvalue weighted by atomic mass is 79.9. The van der Waals surface area contributed by atoms with Crippen LogP contribution in [0.15, 0.2) is 9.53 Å². The number of anilines is 1. The average Bonchev–Trinajstić information content (AvgIpc) is 2.89. The first kappa shape index (κ1) is 14.4. The van der Waals surface area contributed by atoms with Gasteiger partial charge in [0.05, 0.1) is 6.61 Å². The number of hydrogen-bond donors (Lipinski definition) is 5. The molecule has 2 aromatic heterocycles. The van der Waals surface area contributed by atoms with E-state index in [1.54, 1.807) is 0 Å². The van der Waals surface area contributed by atoms with Crippen LogP contribution in [0.5, 0.6) is 0 Å². The van der Waals surface area contributed by atoms with Gasteiger partial charge >= 0.3 is 0 Å². The molecule has 2 aromatic rings. The molecule has 0 aromatic carbocycles. The van der Waals surface area contributed by atoms with Crippen molar-refractivity contribution in [3.8, 4) is 0 Å². The number of nitrogens with two attached hydrogens (primary N) is 1. The van der Waals surface area contributed by atoms with Gasteiger partial charge in [-0.15, -0.1) is 0 Å². The number of ether oxygens (including phenoxy) is 1. The quantitative estimate of drug-likeness (QED) is 0.387. The molecule has 0 radical (unpaired) electrons. The van der Waals surface area contributed by atoms with Gasteiger partial charge in [-0.25, -0.2) is 4.98 Å². The molecule has 0 saturated carbocycles. The lowest BCUT2D eigenvalue weighted by Crippen LogP contribution is -2.33. The summed E-state index contributed by atoms with van der Waals surface area (Å²) in [5, 5.41) is 29.0. The standard InChI is InChI=1S/C10H12BrN5O5/c11-9-13-3-6(14-10(12)15-7(3)20)16(9)8-5(19)4(18)2(1-17)21-8/h2,4-5,8,17-19H,1H2,(H3,12,14,15,20)/t2-,4?,5?,8-/m0/s1. The second kappa shape index (κ2) is 5.03. The van der Waals surface area contributed by atoms with Gasteiger partial charge in [0, 0.05) is 0 Å². The van der Waals surface area contributed by atoms with Crippen LogP contribution in [0, 0.1) is 0 Å². The molecule has 11 heteroatoms. The van der Waals surface area contributed by atoms with Crippen LogP contribution < -0.4 is 11.3 Å². The van der Waals surface area contributed by atoms with Gasteiger partial charge in [0.15, 0.2) is 22.1 Å². The van der Waals surface area contributed by atoms with Crippen molar-refractivity contribution in [1.82, 2.24) is 19.5 Å². The zero-order valence-electron chi connectivity index (χ0n) is 10.5. The Labute approximate surface area is 125 Å². The minimum absolute atomic E-state index is 0.00816. The fraction of sp³-hybridized carbons (Fsp3) is 0.500. The third-order valence-electron chi connectivity index (χ3n) is 3.30. The maximum Gasteiger partial charge on any atom is 0.280 e. The number of H-pyrrole nitrogens is 1. The molecule has 0 spiro atoms. The number of halogens is 1. The Morgan fingerprint density at radius 1 is 1.38 bits per heavy atom. The molecule has 21 heavy (non-hydrogen) atoms. The van der Waals surface area contributed by atoms with E-state index >= 15 is 0 Å². The second-order valence-electron chi connectivity index (χ2n) is 4.60. The molecular weight excluding hydrogens is 350 g/mol. The molecule has 0 amide bonds. The number of fused-ring (bicyclic) bond motifs is 1. The van der Waals surface area contributed by atoms with E-state index in [-0.39, 0.29) is 21.8 Å². The lowest BCUT2D eigenvalue weighted by Gasteiger charge is -2.17. The smallest absolute Gasteiger partial charge is 0.280 e. The Hall–Kier alpha value is -1.53. The molecule has 4 atom stereocenters. The first-order valence-electron chi connectivity index (χ1n) is 5.99. The number of imidazole rings is 1. The Morgan fingerprint density at radius 3 is 2.71 bits per heavy atom. The zero-order chi connectivity index (χ0) is 15.3. The summed E-state index contributed by atoms with van der Waals surface area (Å²) in [6, 6.07) is 0. The first-order chi connectivity index (χ1) is 9.93. The Balaban J connectivity index is 2.17. The Kier molecular flexibility index (Phi) is 3.45. The van der Waals surface area contributed by atoms with Crippen LogP contribution in [-0.4, -0.2) is 59.8 Å². The highest BCUT2D eigenvalue weighted by Gasteiger charge is 2.44. The molecule has 2 unspecified atom stereocenters. The molecule has 3 rings (SSSR count). The average molecular weight is 362 g/mol. The molecule has 1 aliphatic heterocycles. The van der Waals surface area contributed by atoms with Gasteiger partial charge in [-0.05, 0) is 15.9 Å². The van der Waals surface area contributed by atoms with Crippen LogP contribution >= 0.6 is 15.9 Å². The van der Waals surface area contributed by atoms with E-state index in [2.05, 4.69) is 30.9 Å². The number of rotatable bonds is 2. The number of nitrogens with one attached hydrogen (secondary N) is 1. The largest absolute Gasteiger partial charge is 0.394 e. The molecular formula is C10H12BrN5O5. The number of nitrogens with zero attached hydrogens (tertiary/aromatic N) is 3. The molecule has 6 N–H and O–H groups in total. The second-order valence-corrected chi connectivity index (χ2v) is 5.31. The summed E-state index contributed by atoms with van der Waals surface area (Å²) in [6.45, 7) is -0.463. The summed E-state index contributed by atoms with van der Waals surface area (Å²) < 4.78 is 6.87. The highest BCUT2D eigenvalue weighted by Crippen LogP contribution is 2.33. The van der Waals surface area contributed by atoms with Crippen molar-refractivity contribution < 1.29 is 20.1 Å². The number of aromatic amines is 1. The van der Waals surface area contributed by atoms with Gasteiger partial charge in [-0.2, -0.15) is 4.98 Å². The van der Waals surface area contributed by atoms with Crippen LogP contribution in [0.3, 0.4) is 0 Å². The van der Waals surface area contributed by atoms with Gasteiger partial charge in [-0.3, -0.25) is 14.3 Å². The monoisotopic (exact) mass is 361 g/mol. The number of aliphatic hydroxyl groups is 3. The summed E-state index contributed by atoms with van der Waals surface area (Å²) in [5.74, 6) is -0.118. The molecule has 1 fully saturated rings. The summed E-state index contributed by atoms with van der Waals surface area (Å²) >= 11 is 3.15. The van der Waals surface area contributed by atoms with E-state index < -0.39 is 36.7 Å². The van der Waals surface area contributed by atoms with Crippen molar-refractivity contribution in [2.75, 3.05) is 12.3 Å². The summed E-state index contributed by atoms with van der Waals surface area (Å²) in [5.41, 5.74) is 5.07. The summed E-state index contributed by atoms with van der Waals surface area (Å²) in [4.78, 5) is 22.0. The van der Waals surface area contributed by atoms with E-state index in [9.17, 15) is 15.0 Å². The Bertz CT molecular complexity index is 745. The maximum atomic E-state index is 11.8. The van der Waals surface area contributed by atoms with Gasteiger partial charge in [-0.1, -0.05) is 0 Å². The fourth-order valence-corrected chi connectivity index (χ4v) is 2.84. The van der Waals surface area contributed by atoms with Crippen LogP contribution in [0.4, 0.5) is 5.95 Å². The molecule has 0 bridgehead atoms. The molecule has 3 heterocycles. The zero-order valence-corrected chi connectivity index (χ0v) is 12.1. The van der Waals surface area contributed by atoms with Crippen molar-refractivity contribution in [2.45, 2.75) is 24.5 Å². The Morgan fingerprint density at radius 2 is 2.10 bits per heavy atom. The van der Waals surface area contributed by atoms with Crippen LogP contribution in [0.1, 0.15) is 6.23 Å². The van der Waals surface area contributed by atoms with Crippen molar-refractivity contribution in [3.63, 3.8) is 0 Å². The van der Waals surface area contributed by atoms with E-state index in [4.69, 9.17) is 15.6 Å². The van der Waals surface area contributed by atoms with Gasteiger partial charge in [0.2, 0.25) is 5.95 Å². The maximum absolute atomic E-state index is 11.8. The molecule has 114 valence electrons. The van der Waals surface area contributed by atoms with Crippen molar-refractivity contribution in [2.24, 2.45) is 0 Å². The van der Waals surface area contributed by atoms with Crippen LogP contribution in [0.2, 0.25) is 0 Å². The van der Waals surface area contributed by atoms with E-state index in [1.165, 1.54) is 4.57 Å². The third kappa shape index (κ3) is 2.13. The molecule has 1 aliphatic rings. The number of nitrogen functional groups attached to an aromatic ring is 1.